The third kappa shape index (κ3) is 5.32. The number of amides is 1. The number of nitrogens with zero attached hydrogens (tertiary/aromatic N) is 2. The lowest BCUT2D eigenvalue weighted by Crippen LogP contribution is -2.35. The molecule has 1 fully saturated rings. The molecule has 1 aromatic heterocycles. The van der Waals surface area contributed by atoms with Crippen molar-refractivity contribution in [1.29, 1.82) is 0 Å². The van der Waals surface area contributed by atoms with Crippen molar-refractivity contribution in [2.75, 3.05) is 13.1 Å². The highest BCUT2D eigenvalue weighted by Gasteiger charge is 2.25. The van der Waals surface area contributed by atoms with E-state index < -0.39 is 0 Å². The number of nitrogens with one attached hydrogen (secondary N) is 1. The molecule has 0 radical (unpaired) electrons. The van der Waals surface area contributed by atoms with Gasteiger partial charge in [0.15, 0.2) is 0 Å². The van der Waals surface area contributed by atoms with Crippen molar-refractivity contribution in [3.05, 3.63) is 108 Å². The maximum atomic E-state index is 12.4. The molecule has 33 heavy (non-hydrogen) atoms. The number of hydrogen-bond acceptors (Lipinski definition) is 4. The molecular formula is C28H27N3O2. The van der Waals surface area contributed by atoms with Crippen LogP contribution in [0.1, 0.15) is 34.3 Å². The van der Waals surface area contributed by atoms with E-state index >= 15 is 0 Å². The monoisotopic (exact) mass is 437 g/mol. The van der Waals surface area contributed by atoms with Crippen LogP contribution in [0.4, 0.5) is 0 Å². The first kappa shape index (κ1) is 21.0. The van der Waals surface area contributed by atoms with Crippen molar-refractivity contribution < 1.29 is 9.53 Å². The average molecular weight is 438 g/mol. The van der Waals surface area contributed by atoms with Gasteiger partial charge in [0.2, 0.25) is 0 Å². The molecule has 0 atom stereocenters. The molecule has 2 bridgehead atoms. The predicted octanol–water partition coefficient (Wildman–Crippen LogP) is 5.43. The maximum Gasteiger partial charge on any atom is 0.251 e. The summed E-state index contributed by atoms with van der Waals surface area (Å²) in [6, 6.07) is 19.0. The van der Waals surface area contributed by atoms with Gasteiger partial charge in [-0.2, -0.15) is 0 Å². The Hall–Kier alpha value is -3.86. The minimum absolute atomic E-state index is 0.118. The molecule has 0 unspecified atom stereocenters. The van der Waals surface area contributed by atoms with Crippen LogP contribution >= 0.6 is 0 Å². The first-order chi connectivity index (χ1) is 16.2. The molecule has 1 saturated heterocycles. The number of carbonyl (C=O) groups is 1. The number of carbonyl (C=O) groups excluding carboxylic acids is 1. The first-order valence-electron chi connectivity index (χ1n) is 11.4. The van der Waals surface area contributed by atoms with E-state index in [-0.39, 0.29) is 5.91 Å². The van der Waals surface area contributed by atoms with Crippen LogP contribution in [-0.4, -0.2) is 28.9 Å². The number of hydrogen-bond donors (Lipinski definition) is 1. The number of allylic oxidation sites excluding steroid dienone is 2. The molecule has 3 aliphatic heterocycles. The summed E-state index contributed by atoms with van der Waals surface area (Å²) in [5.41, 5.74) is 4.20. The van der Waals surface area contributed by atoms with Crippen molar-refractivity contribution in [1.82, 2.24) is 15.2 Å². The largest absolute Gasteiger partial charge is 0.457 e. The van der Waals surface area contributed by atoms with E-state index in [9.17, 15) is 4.79 Å². The second kappa shape index (κ2) is 9.74. The van der Waals surface area contributed by atoms with Gasteiger partial charge in [-0.1, -0.05) is 24.3 Å². The Labute approximate surface area is 194 Å². The van der Waals surface area contributed by atoms with E-state index in [4.69, 9.17) is 4.74 Å². The van der Waals surface area contributed by atoms with Crippen LogP contribution in [0.5, 0.6) is 11.5 Å². The molecule has 1 amide bonds. The summed E-state index contributed by atoms with van der Waals surface area (Å²) in [5.74, 6) is 2.06. The second-order valence-corrected chi connectivity index (χ2v) is 8.51. The number of piperidine rings is 1. The van der Waals surface area contributed by atoms with Crippen LogP contribution in [0.15, 0.2) is 90.9 Å². The average Bonchev–Trinajstić information content (AvgIpc) is 2.89. The number of pyridine rings is 1. The van der Waals surface area contributed by atoms with Gasteiger partial charge in [-0.15, -0.1) is 0 Å². The summed E-state index contributed by atoms with van der Waals surface area (Å²) >= 11 is 0. The van der Waals surface area contributed by atoms with Gasteiger partial charge in [-0.3, -0.25) is 9.78 Å². The molecule has 6 rings (SSSR count). The Kier molecular flexibility index (Phi) is 6.20. The van der Waals surface area contributed by atoms with Crippen molar-refractivity contribution >= 4 is 12.0 Å². The number of fused-ring (bicyclic) bond motifs is 2. The van der Waals surface area contributed by atoms with E-state index in [2.05, 4.69) is 45.7 Å². The molecule has 3 aliphatic rings. The summed E-state index contributed by atoms with van der Waals surface area (Å²) in [6.07, 6.45) is 12.7. The van der Waals surface area contributed by atoms with Gasteiger partial charge in [0, 0.05) is 43.8 Å². The number of benzene rings is 2. The van der Waals surface area contributed by atoms with Gasteiger partial charge in [0.25, 0.3) is 5.91 Å². The Morgan fingerprint density at radius 2 is 1.61 bits per heavy atom. The zero-order valence-electron chi connectivity index (χ0n) is 18.5. The quantitative estimate of drug-likeness (QED) is 0.536. The zero-order chi connectivity index (χ0) is 22.5. The van der Waals surface area contributed by atoms with Gasteiger partial charge in [-0.05, 0) is 84.0 Å². The molecule has 0 aliphatic carbocycles. The Morgan fingerprint density at radius 3 is 2.24 bits per heavy atom. The maximum absolute atomic E-state index is 12.4. The molecule has 4 heterocycles. The summed E-state index contributed by atoms with van der Waals surface area (Å²) in [5, 5.41) is 2.91. The van der Waals surface area contributed by atoms with Crippen molar-refractivity contribution in [3.8, 4) is 11.5 Å². The highest BCUT2D eigenvalue weighted by molar-refractivity contribution is 5.94. The van der Waals surface area contributed by atoms with Crippen molar-refractivity contribution in [2.24, 2.45) is 5.92 Å². The number of rotatable bonds is 7. The fourth-order valence-corrected chi connectivity index (χ4v) is 4.29. The standard InChI is InChI=1S/C28H27N3O2/c32-28(30-19-22-11-15-29-16-12-22)24-5-9-27(10-6-24)33-26-7-2-21(3-8-26)1-4-25-20-31-17-13-23(25)14-18-31/h1-12,15-16,20,23H,13-14,17-19H2,(H,30,32)/b4-1+. The molecule has 0 spiro atoms. The van der Waals surface area contributed by atoms with Gasteiger partial charge < -0.3 is 15.0 Å². The Bertz CT molecular complexity index is 1140. The van der Waals surface area contributed by atoms with E-state index in [1.807, 2.05) is 36.4 Å². The Balaban J connectivity index is 1.15. The lowest BCUT2D eigenvalue weighted by Gasteiger charge is -2.38. The molecular weight excluding hydrogens is 410 g/mol. The second-order valence-electron chi connectivity index (χ2n) is 8.51. The Morgan fingerprint density at radius 1 is 0.939 bits per heavy atom. The third-order valence-electron chi connectivity index (χ3n) is 6.24. The summed E-state index contributed by atoms with van der Waals surface area (Å²) in [6.45, 7) is 2.87. The zero-order valence-corrected chi connectivity index (χ0v) is 18.5. The predicted molar refractivity (Wildman–Crippen MR) is 130 cm³/mol. The van der Waals surface area contributed by atoms with Crippen molar-refractivity contribution in [3.63, 3.8) is 0 Å². The van der Waals surface area contributed by atoms with Gasteiger partial charge in [0.1, 0.15) is 11.5 Å². The van der Waals surface area contributed by atoms with Crippen molar-refractivity contribution in [2.45, 2.75) is 19.4 Å². The van der Waals surface area contributed by atoms with Crippen LogP contribution in [0.2, 0.25) is 0 Å². The molecule has 5 nitrogen and oxygen atoms in total. The smallest absolute Gasteiger partial charge is 0.251 e. The minimum atomic E-state index is -0.118. The first-order valence-corrected chi connectivity index (χ1v) is 11.4. The van der Waals surface area contributed by atoms with Crippen LogP contribution in [0.3, 0.4) is 0 Å². The van der Waals surface area contributed by atoms with Gasteiger partial charge in [-0.25, -0.2) is 0 Å². The lowest BCUT2D eigenvalue weighted by atomic mass is 9.85. The fourth-order valence-electron chi connectivity index (χ4n) is 4.29. The van der Waals surface area contributed by atoms with Gasteiger partial charge >= 0.3 is 0 Å². The molecule has 5 heteroatoms. The molecule has 166 valence electrons. The van der Waals surface area contributed by atoms with Crippen LogP contribution in [0.25, 0.3) is 6.08 Å². The lowest BCUT2D eigenvalue weighted by molar-refractivity contribution is 0.0951. The van der Waals surface area contributed by atoms with Crippen LogP contribution in [-0.2, 0) is 6.54 Å². The third-order valence-corrected chi connectivity index (χ3v) is 6.24. The molecule has 2 aromatic carbocycles. The molecule has 0 saturated carbocycles. The normalized spacial score (nSPS) is 15.5. The van der Waals surface area contributed by atoms with E-state index in [1.54, 1.807) is 24.5 Å². The number of ether oxygens (including phenoxy) is 1. The van der Waals surface area contributed by atoms with E-state index in [0.29, 0.717) is 17.9 Å². The summed E-state index contributed by atoms with van der Waals surface area (Å²) in [7, 11) is 0. The van der Waals surface area contributed by atoms with E-state index in [1.165, 1.54) is 31.5 Å². The van der Waals surface area contributed by atoms with Crippen LogP contribution in [0, 0.1) is 5.92 Å². The minimum Gasteiger partial charge on any atom is -0.457 e. The van der Waals surface area contributed by atoms with E-state index in [0.717, 1.165) is 22.8 Å². The highest BCUT2D eigenvalue weighted by Crippen LogP contribution is 2.32. The topological polar surface area (TPSA) is 54.5 Å². The molecule has 1 N–H and O–H groups in total. The molecule has 3 aromatic rings. The van der Waals surface area contributed by atoms with Crippen LogP contribution < -0.4 is 10.1 Å². The SMILES string of the molecule is O=C(NCc1ccncc1)c1ccc(Oc2ccc(/C=C/C3=CN4CCC3CC4)cc2)cc1. The highest BCUT2D eigenvalue weighted by atomic mass is 16.5. The van der Waals surface area contributed by atoms with Gasteiger partial charge in [0.05, 0.1) is 0 Å². The number of aromatic nitrogens is 1. The fraction of sp³-hybridized carbons (Fsp3) is 0.214. The summed E-state index contributed by atoms with van der Waals surface area (Å²) < 4.78 is 5.95. The summed E-state index contributed by atoms with van der Waals surface area (Å²) in [4.78, 5) is 18.8.